The van der Waals surface area contributed by atoms with Crippen LogP contribution in [0.3, 0.4) is 0 Å². The van der Waals surface area contributed by atoms with Crippen LogP contribution >= 0.6 is 0 Å². The van der Waals surface area contributed by atoms with E-state index in [0.717, 1.165) is 5.56 Å². The molecule has 2 saturated heterocycles. The number of rotatable bonds is 5. The molecule has 1 atom stereocenters. The van der Waals surface area contributed by atoms with Crippen molar-refractivity contribution in [2.45, 2.75) is 6.10 Å². The van der Waals surface area contributed by atoms with Crippen LogP contribution in [0.15, 0.2) is 53.5 Å². The van der Waals surface area contributed by atoms with E-state index in [4.69, 9.17) is 9.47 Å². The second kappa shape index (κ2) is 8.39. The normalized spacial score (nSPS) is 20.0. The number of aliphatic imine (C=N–C) groups is 1. The molecule has 0 aliphatic carbocycles. The molecule has 0 radical (unpaired) electrons. The zero-order chi connectivity index (χ0) is 19.3. The summed E-state index contributed by atoms with van der Waals surface area (Å²) in [6.07, 6.45) is 0.931. The third-order valence-corrected chi connectivity index (χ3v) is 4.82. The van der Waals surface area contributed by atoms with Gasteiger partial charge in [0.15, 0.2) is 0 Å². The second-order valence-electron chi connectivity index (χ2n) is 6.76. The molecule has 2 aromatic carbocycles. The predicted octanol–water partition coefficient (Wildman–Crippen LogP) is 3.11. The van der Waals surface area contributed by atoms with Crippen molar-refractivity contribution in [1.82, 2.24) is 0 Å². The molecule has 2 aromatic rings. The van der Waals surface area contributed by atoms with Crippen molar-refractivity contribution in [2.24, 2.45) is 4.99 Å². The Bertz CT molecular complexity index is 853. The first kappa shape index (κ1) is 18.4. The monoisotopic (exact) mass is 383 g/mol. The molecule has 0 aromatic heterocycles. The van der Waals surface area contributed by atoms with Crippen LogP contribution in [0.1, 0.15) is 5.56 Å². The highest BCUT2D eigenvalue weighted by Gasteiger charge is 2.32. The van der Waals surface area contributed by atoms with Gasteiger partial charge in [-0.1, -0.05) is 30.3 Å². The van der Waals surface area contributed by atoms with Gasteiger partial charge < -0.3 is 14.4 Å². The molecule has 0 bridgehead atoms. The summed E-state index contributed by atoms with van der Waals surface area (Å²) >= 11 is 0. The van der Waals surface area contributed by atoms with Gasteiger partial charge in [0.25, 0.3) is 0 Å². The molecule has 7 heteroatoms. The molecule has 2 aliphatic heterocycles. The largest absolute Gasteiger partial charge is 0.442 e. The van der Waals surface area contributed by atoms with E-state index in [9.17, 15) is 9.18 Å². The van der Waals surface area contributed by atoms with Crippen molar-refractivity contribution >= 4 is 23.7 Å². The van der Waals surface area contributed by atoms with E-state index in [-0.39, 0.29) is 11.9 Å². The number of benzene rings is 2. The number of carbonyl (C=O) groups is 1. The lowest BCUT2D eigenvalue weighted by atomic mass is 10.2. The van der Waals surface area contributed by atoms with Gasteiger partial charge in [-0.25, -0.2) is 9.18 Å². The number of morpholine rings is 1. The van der Waals surface area contributed by atoms with E-state index in [2.05, 4.69) is 4.99 Å². The summed E-state index contributed by atoms with van der Waals surface area (Å²) in [7, 11) is 0. The molecule has 0 N–H and O–H groups in total. The topological polar surface area (TPSA) is 54.4 Å². The Morgan fingerprint density at radius 1 is 1.14 bits per heavy atom. The van der Waals surface area contributed by atoms with Crippen LogP contribution in [0.2, 0.25) is 0 Å². The molecule has 1 amide bonds. The van der Waals surface area contributed by atoms with Crippen molar-refractivity contribution in [2.75, 3.05) is 49.2 Å². The first-order valence-electron chi connectivity index (χ1n) is 9.36. The fraction of sp³-hybridized carbons (Fsp3) is 0.333. The highest BCUT2D eigenvalue weighted by Crippen LogP contribution is 2.28. The Morgan fingerprint density at radius 3 is 2.68 bits per heavy atom. The first-order chi connectivity index (χ1) is 13.7. The third-order valence-electron chi connectivity index (χ3n) is 4.82. The Labute approximate surface area is 163 Å². The number of halogens is 1. The summed E-state index contributed by atoms with van der Waals surface area (Å²) in [6.45, 7) is 3.20. The molecular formula is C21H22FN3O3. The van der Waals surface area contributed by atoms with Crippen LogP contribution < -0.4 is 9.80 Å². The van der Waals surface area contributed by atoms with Crippen molar-refractivity contribution in [3.05, 3.63) is 59.9 Å². The first-order valence-corrected chi connectivity index (χ1v) is 9.36. The summed E-state index contributed by atoms with van der Waals surface area (Å²) in [5.41, 5.74) is 2.02. The van der Waals surface area contributed by atoms with Crippen LogP contribution in [-0.2, 0) is 9.47 Å². The zero-order valence-corrected chi connectivity index (χ0v) is 15.5. The number of carbonyl (C=O) groups excluding carboxylic acids is 1. The minimum absolute atomic E-state index is 0.349. The van der Waals surface area contributed by atoms with E-state index in [1.165, 1.54) is 11.0 Å². The molecule has 0 saturated carbocycles. The van der Waals surface area contributed by atoms with Gasteiger partial charge in [0, 0.05) is 19.3 Å². The van der Waals surface area contributed by atoms with Crippen molar-refractivity contribution in [3.8, 4) is 0 Å². The fourth-order valence-electron chi connectivity index (χ4n) is 3.37. The van der Waals surface area contributed by atoms with Gasteiger partial charge in [-0.2, -0.15) is 0 Å². The minimum atomic E-state index is -0.474. The van der Waals surface area contributed by atoms with E-state index in [1.54, 1.807) is 18.3 Å². The number of anilines is 2. The molecule has 28 heavy (non-hydrogen) atoms. The van der Waals surface area contributed by atoms with Crippen molar-refractivity contribution in [3.63, 3.8) is 0 Å². The van der Waals surface area contributed by atoms with Gasteiger partial charge in [0.05, 0.1) is 37.7 Å². The highest BCUT2D eigenvalue weighted by atomic mass is 19.1. The Kier molecular flexibility index (Phi) is 5.53. The standard InChI is InChI=1S/C21H22FN3O3/c22-19-12-17(6-7-20(19)24-8-10-27-11-9-24)25-15-18(28-21(25)26)14-23-13-16-4-2-1-3-5-16/h1-7,12-13,18H,8-11,14-15H2/b23-13-/t18-/m0/s1. The summed E-state index contributed by atoms with van der Waals surface area (Å²) in [5.74, 6) is -0.349. The Morgan fingerprint density at radius 2 is 1.93 bits per heavy atom. The molecule has 2 fully saturated rings. The number of nitrogens with zero attached hydrogens (tertiary/aromatic N) is 3. The van der Waals surface area contributed by atoms with Crippen LogP contribution in [0.5, 0.6) is 0 Å². The fourth-order valence-corrected chi connectivity index (χ4v) is 3.37. The van der Waals surface area contributed by atoms with Gasteiger partial charge in [-0.15, -0.1) is 0 Å². The maximum absolute atomic E-state index is 14.6. The SMILES string of the molecule is O=C1O[C@@H](C/N=C\c2ccccc2)CN1c1ccc(N2CCOCC2)c(F)c1. The van der Waals surface area contributed by atoms with Crippen molar-refractivity contribution < 1.29 is 18.7 Å². The minimum Gasteiger partial charge on any atom is -0.442 e. The van der Waals surface area contributed by atoms with Gasteiger partial charge in [-0.3, -0.25) is 9.89 Å². The lowest BCUT2D eigenvalue weighted by Gasteiger charge is -2.29. The number of hydrogen-bond donors (Lipinski definition) is 0. The molecule has 2 aliphatic rings. The van der Waals surface area contributed by atoms with Gasteiger partial charge in [0.2, 0.25) is 0 Å². The van der Waals surface area contributed by atoms with Gasteiger partial charge >= 0.3 is 6.09 Å². The quantitative estimate of drug-likeness (QED) is 0.745. The maximum Gasteiger partial charge on any atom is 0.414 e. The van der Waals surface area contributed by atoms with Crippen LogP contribution in [0, 0.1) is 5.82 Å². The Balaban J connectivity index is 1.39. The lowest BCUT2D eigenvalue weighted by Crippen LogP contribution is -2.36. The Hall–Kier alpha value is -2.93. The van der Waals surface area contributed by atoms with E-state index in [0.29, 0.717) is 50.8 Å². The van der Waals surface area contributed by atoms with Gasteiger partial charge in [0.1, 0.15) is 11.9 Å². The molecule has 6 nitrogen and oxygen atoms in total. The van der Waals surface area contributed by atoms with Crippen molar-refractivity contribution in [1.29, 1.82) is 0 Å². The second-order valence-corrected chi connectivity index (χ2v) is 6.76. The van der Waals surface area contributed by atoms with E-state index in [1.807, 2.05) is 35.2 Å². The molecule has 0 unspecified atom stereocenters. The number of hydrogen-bond acceptors (Lipinski definition) is 5. The maximum atomic E-state index is 14.6. The van der Waals surface area contributed by atoms with E-state index < -0.39 is 6.09 Å². The van der Waals surface area contributed by atoms with E-state index >= 15 is 0 Å². The zero-order valence-electron chi connectivity index (χ0n) is 15.5. The average molecular weight is 383 g/mol. The molecule has 0 spiro atoms. The molecule has 146 valence electrons. The van der Waals surface area contributed by atoms with Crippen LogP contribution in [0.4, 0.5) is 20.6 Å². The third kappa shape index (κ3) is 4.14. The number of amides is 1. The predicted molar refractivity (Wildman–Crippen MR) is 106 cm³/mol. The molecule has 4 rings (SSSR count). The summed E-state index contributed by atoms with van der Waals surface area (Å²) in [6, 6.07) is 14.6. The highest BCUT2D eigenvalue weighted by molar-refractivity contribution is 5.90. The van der Waals surface area contributed by atoms with Crippen LogP contribution in [-0.4, -0.2) is 57.8 Å². The average Bonchev–Trinajstić information content (AvgIpc) is 3.10. The van der Waals surface area contributed by atoms with Crippen LogP contribution in [0.25, 0.3) is 0 Å². The number of ether oxygens (including phenoxy) is 2. The summed E-state index contributed by atoms with van der Waals surface area (Å²) < 4.78 is 25.3. The summed E-state index contributed by atoms with van der Waals surface area (Å²) in [5, 5.41) is 0. The summed E-state index contributed by atoms with van der Waals surface area (Å²) in [4.78, 5) is 20.0. The lowest BCUT2D eigenvalue weighted by molar-refractivity contribution is 0.122. The number of cyclic esters (lactones) is 1. The molecule has 2 heterocycles. The molecular weight excluding hydrogens is 361 g/mol. The smallest absolute Gasteiger partial charge is 0.414 e. The van der Waals surface area contributed by atoms with Gasteiger partial charge in [-0.05, 0) is 23.8 Å².